The highest BCUT2D eigenvalue weighted by atomic mass is 35.5. The fraction of sp³-hybridized carbons (Fsp3) is 0.316. The van der Waals surface area contributed by atoms with E-state index in [1.807, 2.05) is 31.2 Å². The Balaban J connectivity index is 1.52. The minimum absolute atomic E-state index is 0.00643. The summed E-state index contributed by atoms with van der Waals surface area (Å²) in [6.07, 6.45) is 0. The standard InChI is InChI=1S/C19H20ClNO3S/c1-13(25-12-14-5-3-2-4-6-14)19(22)21-11-15-9-16(20)18-17(10-15)23-7-8-24-18/h2-6,9-10,13H,7-8,11-12H2,1H3,(H,21,22). The average Bonchev–Trinajstić information content (AvgIpc) is 2.65. The normalized spacial score (nSPS) is 14.0. The van der Waals surface area contributed by atoms with E-state index in [-0.39, 0.29) is 11.2 Å². The van der Waals surface area contributed by atoms with E-state index in [4.69, 9.17) is 21.1 Å². The van der Waals surface area contributed by atoms with E-state index in [0.717, 1.165) is 11.3 Å². The van der Waals surface area contributed by atoms with Crippen molar-refractivity contribution in [1.29, 1.82) is 0 Å². The van der Waals surface area contributed by atoms with Crippen LogP contribution in [-0.4, -0.2) is 24.4 Å². The number of carbonyl (C=O) groups excluding carboxylic acids is 1. The van der Waals surface area contributed by atoms with Gasteiger partial charge in [-0.2, -0.15) is 0 Å². The SMILES string of the molecule is CC(SCc1ccccc1)C(=O)NCc1cc(Cl)c2c(c1)OCCO2. The minimum Gasteiger partial charge on any atom is -0.486 e. The molecule has 0 saturated carbocycles. The Hall–Kier alpha value is -1.85. The number of nitrogens with one attached hydrogen (secondary N) is 1. The van der Waals surface area contributed by atoms with Crippen LogP contribution in [0.4, 0.5) is 0 Å². The Kier molecular flexibility index (Phi) is 6.10. The van der Waals surface area contributed by atoms with Gasteiger partial charge >= 0.3 is 0 Å². The molecule has 6 heteroatoms. The van der Waals surface area contributed by atoms with Crippen LogP contribution in [0.25, 0.3) is 0 Å². The van der Waals surface area contributed by atoms with Crippen molar-refractivity contribution in [3.05, 3.63) is 58.6 Å². The zero-order chi connectivity index (χ0) is 17.6. The molecule has 3 rings (SSSR count). The van der Waals surface area contributed by atoms with E-state index in [2.05, 4.69) is 17.4 Å². The van der Waals surface area contributed by atoms with Crippen LogP contribution < -0.4 is 14.8 Å². The lowest BCUT2D eigenvalue weighted by molar-refractivity contribution is -0.120. The molecule has 0 spiro atoms. The molecule has 1 N–H and O–H groups in total. The number of amides is 1. The first kappa shape index (κ1) is 18.0. The summed E-state index contributed by atoms with van der Waals surface area (Å²) in [7, 11) is 0. The van der Waals surface area contributed by atoms with Gasteiger partial charge in [-0.25, -0.2) is 0 Å². The maximum atomic E-state index is 12.3. The summed E-state index contributed by atoms with van der Waals surface area (Å²) in [4.78, 5) is 12.3. The topological polar surface area (TPSA) is 47.6 Å². The van der Waals surface area contributed by atoms with Gasteiger partial charge in [0.15, 0.2) is 11.5 Å². The summed E-state index contributed by atoms with van der Waals surface area (Å²) in [5.74, 6) is 2.03. The van der Waals surface area contributed by atoms with Gasteiger partial charge in [0.2, 0.25) is 5.91 Å². The van der Waals surface area contributed by atoms with E-state index in [0.29, 0.717) is 36.3 Å². The number of halogens is 1. The number of rotatable bonds is 6. The second-order valence-electron chi connectivity index (χ2n) is 5.76. The van der Waals surface area contributed by atoms with Gasteiger partial charge in [0, 0.05) is 12.3 Å². The molecule has 1 aliphatic rings. The molecule has 1 unspecified atom stereocenters. The third-order valence-corrected chi connectivity index (χ3v) is 5.33. The van der Waals surface area contributed by atoms with Crippen LogP contribution in [0.1, 0.15) is 18.1 Å². The molecule has 0 radical (unpaired) electrons. The Morgan fingerprint density at radius 2 is 1.96 bits per heavy atom. The van der Waals surface area contributed by atoms with Crippen molar-refractivity contribution in [3.8, 4) is 11.5 Å². The number of ether oxygens (including phenoxy) is 2. The Bertz CT molecular complexity index is 739. The summed E-state index contributed by atoms with van der Waals surface area (Å²) in [6, 6.07) is 13.8. The van der Waals surface area contributed by atoms with Crippen molar-refractivity contribution < 1.29 is 14.3 Å². The molecule has 132 valence electrons. The molecule has 2 aromatic rings. The van der Waals surface area contributed by atoms with Crippen molar-refractivity contribution in [1.82, 2.24) is 5.32 Å². The summed E-state index contributed by atoms with van der Waals surface area (Å²) >= 11 is 7.84. The van der Waals surface area contributed by atoms with E-state index < -0.39 is 0 Å². The van der Waals surface area contributed by atoms with Crippen molar-refractivity contribution in [2.45, 2.75) is 24.5 Å². The molecule has 0 saturated heterocycles. The zero-order valence-corrected chi connectivity index (χ0v) is 15.5. The van der Waals surface area contributed by atoms with Crippen LogP contribution in [0.3, 0.4) is 0 Å². The number of hydrogen-bond donors (Lipinski definition) is 1. The van der Waals surface area contributed by atoms with Gasteiger partial charge in [0.05, 0.1) is 10.3 Å². The molecule has 25 heavy (non-hydrogen) atoms. The van der Waals surface area contributed by atoms with Crippen LogP contribution in [0.15, 0.2) is 42.5 Å². The van der Waals surface area contributed by atoms with Crippen LogP contribution >= 0.6 is 23.4 Å². The van der Waals surface area contributed by atoms with Gasteiger partial charge < -0.3 is 14.8 Å². The number of thioether (sulfide) groups is 1. The molecule has 0 aliphatic carbocycles. The first-order valence-electron chi connectivity index (χ1n) is 8.15. The van der Waals surface area contributed by atoms with E-state index in [9.17, 15) is 4.79 Å². The number of benzene rings is 2. The molecule has 1 atom stereocenters. The number of carbonyl (C=O) groups is 1. The smallest absolute Gasteiger partial charge is 0.233 e. The lowest BCUT2D eigenvalue weighted by Gasteiger charge is -2.20. The lowest BCUT2D eigenvalue weighted by Crippen LogP contribution is -2.30. The predicted molar refractivity (Wildman–Crippen MR) is 101 cm³/mol. The fourth-order valence-corrected chi connectivity index (χ4v) is 3.63. The van der Waals surface area contributed by atoms with Crippen LogP contribution in [0.5, 0.6) is 11.5 Å². The minimum atomic E-state index is -0.132. The molecule has 0 aromatic heterocycles. The Labute approximate surface area is 156 Å². The lowest BCUT2D eigenvalue weighted by atomic mass is 10.2. The number of hydrogen-bond acceptors (Lipinski definition) is 4. The maximum absolute atomic E-state index is 12.3. The van der Waals surface area contributed by atoms with Crippen LogP contribution in [-0.2, 0) is 17.1 Å². The van der Waals surface area contributed by atoms with Crippen molar-refractivity contribution in [2.24, 2.45) is 0 Å². The second kappa shape index (κ2) is 8.50. The highest BCUT2D eigenvalue weighted by Gasteiger charge is 2.18. The van der Waals surface area contributed by atoms with Crippen molar-refractivity contribution in [2.75, 3.05) is 13.2 Å². The van der Waals surface area contributed by atoms with Gasteiger partial charge in [-0.1, -0.05) is 41.9 Å². The van der Waals surface area contributed by atoms with E-state index >= 15 is 0 Å². The average molecular weight is 378 g/mol. The molecule has 1 aliphatic heterocycles. The van der Waals surface area contributed by atoms with E-state index in [1.165, 1.54) is 5.56 Å². The van der Waals surface area contributed by atoms with Crippen molar-refractivity contribution in [3.63, 3.8) is 0 Å². The fourth-order valence-electron chi connectivity index (χ4n) is 2.47. The van der Waals surface area contributed by atoms with Crippen molar-refractivity contribution >= 4 is 29.3 Å². The Morgan fingerprint density at radius 3 is 2.76 bits per heavy atom. The summed E-state index contributed by atoms with van der Waals surface area (Å²) in [6.45, 7) is 3.33. The monoisotopic (exact) mass is 377 g/mol. The molecular weight excluding hydrogens is 358 g/mol. The molecule has 1 amide bonds. The first-order valence-corrected chi connectivity index (χ1v) is 9.57. The summed E-state index contributed by atoms with van der Waals surface area (Å²) in [5, 5.41) is 3.33. The largest absolute Gasteiger partial charge is 0.486 e. The molecule has 4 nitrogen and oxygen atoms in total. The van der Waals surface area contributed by atoms with Gasteiger partial charge in [-0.15, -0.1) is 11.8 Å². The summed E-state index contributed by atoms with van der Waals surface area (Å²) < 4.78 is 11.1. The summed E-state index contributed by atoms with van der Waals surface area (Å²) in [5.41, 5.74) is 2.11. The molecule has 0 fully saturated rings. The first-order chi connectivity index (χ1) is 12.1. The maximum Gasteiger partial charge on any atom is 0.233 e. The molecule has 1 heterocycles. The van der Waals surface area contributed by atoms with Gasteiger partial charge in [-0.05, 0) is 30.2 Å². The van der Waals surface area contributed by atoms with Gasteiger partial charge in [0.1, 0.15) is 13.2 Å². The third kappa shape index (κ3) is 4.83. The molecular formula is C19H20ClNO3S. The molecule has 0 bridgehead atoms. The van der Waals surface area contributed by atoms with Gasteiger partial charge in [-0.3, -0.25) is 4.79 Å². The zero-order valence-electron chi connectivity index (χ0n) is 14.0. The van der Waals surface area contributed by atoms with Gasteiger partial charge in [0.25, 0.3) is 0 Å². The van der Waals surface area contributed by atoms with Crippen LogP contribution in [0.2, 0.25) is 5.02 Å². The Morgan fingerprint density at radius 1 is 1.20 bits per heavy atom. The third-order valence-electron chi connectivity index (χ3n) is 3.84. The predicted octanol–water partition coefficient (Wildman–Crippen LogP) is 4.05. The molecule has 2 aromatic carbocycles. The highest BCUT2D eigenvalue weighted by Crippen LogP contribution is 2.38. The van der Waals surface area contributed by atoms with E-state index in [1.54, 1.807) is 17.8 Å². The number of fused-ring (bicyclic) bond motifs is 1. The van der Waals surface area contributed by atoms with Crippen LogP contribution in [0, 0.1) is 0 Å². The quantitative estimate of drug-likeness (QED) is 0.825. The highest BCUT2D eigenvalue weighted by molar-refractivity contribution is 7.99. The second-order valence-corrected chi connectivity index (χ2v) is 7.49.